The van der Waals surface area contributed by atoms with Gasteiger partial charge < -0.3 is 10.1 Å². The molecule has 3 rings (SSSR count). The third kappa shape index (κ3) is 5.12. The molecule has 1 heterocycles. The summed E-state index contributed by atoms with van der Waals surface area (Å²) in [6.07, 6.45) is 0. The van der Waals surface area contributed by atoms with Crippen LogP contribution in [0.1, 0.15) is 27.3 Å². The summed E-state index contributed by atoms with van der Waals surface area (Å²) >= 11 is 5.90. The number of rotatable bonds is 6. The van der Waals surface area contributed by atoms with E-state index in [1.165, 1.54) is 10.7 Å². The van der Waals surface area contributed by atoms with Gasteiger partial charge in [-0.1, -0.05) is 35.9 Å². The smallest absolute Gasteiger partial charge is 0.363 e. The van der Waals surface area contributed by atoms with Crippen LogP contribution < -0.4 is 10.7 Å². The van der Waals surface area contributed by atoms with Crippen molar-refractivity contribution < 1.29 is 14.3 Å². The van der Waals surface area contributed by atoms with Gasteiger partial charge in [0.2, 0.25) is 11.1 Å². The fourth-order valence-electron chi connectivity index (χ4n) is 2.79. The quantitative estimate of drug-likeness (QED) is 0.613. The molecule has 0 atom stereocenters. The molecule has 0 aliphatic heterocycles. The van der Waals surface area contributed by atoms with E-state index in [0.717, 1.165) is 11.1 Å². The minimum atomic E-state index is -0.964. The van der Waals surface area contributed by atoms with E-state index in [2.05, 4.69) is 10.4 Å². The highest BCUT2D eigenvalue weighted by molar-refractivity contribution is 6.30. The molecule has 0 saturated carbocycles. The molecule has 0 unspecified atom stereocenters. The van der Waals surface area contributed by atoms with Crippen molar-refractivity contribution in [1.29, 1.82) is 0 Å². The molecule has 30 heavy (non-hydrogen) atoms. The molecule has 0 aliphatic carbocycles. The van der Waals surface area contributed by atoms with Crippen molar-refractivity contribution in [2.24, 2.45) is 0 Å². The van der Waals surface area contributed by atoms with Gasteiger partial charge in [-0.25, -0.2) is 9.48 Å². The molecule has 8 heteroatoms. The first-order valence-electron chi connectivity index (χ1n) is 9.20. The maximum absolute atomic E-state index is 12.3. The van der Waals surface area contributed by atoms with Crippen molar-refractivity contribution in [2.75, 3.05) is 6.61 Å². The number of esters is 1. The molecular formula is C22H20ClN3O4. The van der Waals surface area contributed by atoms with Gasteiger partial charge in [0.05, 0.1) is 5.69 Å². The maximum atomic E-state index is 12.3. The first-order chi connectivity index (χ1) is 14.3. The summed E-state index contributed by atoms with van der Waals surface area (Å²) in [6, 6.07) is 15.7. The van der Waals surface area contributed by atoms with Crippen molar-refractivity contribution in [3.63, 3.8) is 0 Å². The molecule has 1 aromatic heterocycles. The molecule has 0 spiro atoms. The highest BCUT2D eigenvalue weighted by Gasteiger charge is 2.18. The first kappa shape index (κ1) is 21.3. The average molecular weight is 426 g/mol. The second kappa shape index (κ2) is 9.37. The van der Waals surface area contributed by atoms with E-state index in [9.17, 15) is 14.4 Å². The number of nitrogens with zero attached hydrogens (tertiary/aromatic N) is 2. The minimum Gasteiger partial charge on any atom is -0.451 e. The van der Waals surface area contributed by atoms with Crippen LogP contribution in [0.15, 0.2) is 59.4 Å². The van der Waals surface area contributed by atoms with Crippen LogP contribution in [-0.4, -0.2) is 28.3 Å². The number of carbonyl (C=O) groups excluding carboxylic acids is 2. The molecular weight excluding hydrogens is 406 g/mol. The number of hydrogen-bond acceptors (Lipinski definition) is 5. The Labute approximate surface area is 178 Å². The SMILES string of the molecule is Cc1ccccc1CNC(=O)COC(=O)c1nn(-c2ccc(Cl)cc2)c(C)cc1=O. The summed E-state index contributed by atoms with van der Waals surface area (Å²) in [5, 5.41) is 7.34. The third-order valence-electron chi connectivity index (χ3n) is 4.44. The number of ether oxygens (including phenoxy) is 1. The summed E-state index contributed by atoms with van der Waals surface area (Å²) in [6.45, 7) is 3.43. The lowest BCUT2D eigenvalue weighted by Crippen LogP contribution is -2.30. The molecule has 1 N–H and O–H groups in total. The predicted octanol–water partition coefficient (Wildman–Crippen LogP) is 2.98. The Bertz CT molecular complexity index is 1140. The van der Waals surface area contributed by atoms with E-state index in [1.807, 2.05) is 31.2 Å². The van der Waals surface area contributed by atoms with E-state index >= 15 is 0 Å². The molecule has 3 aromatic rings. The number of halogens is 1. The lowest BCUT2D eigenvalue weighted by molar-refractivity contribution is -0.124. The van der Waals surface area contributed by atoms with Crippen LogP contribution in [0.5, 0.6) is 0 Å². The molecule has 154 valence electrons. The molecule has 0 fully saturated rings. The number of benzene rings is 2. The van der Waals surface area contributed by atoms with Gasteiger partial charge in [-0.05, 0) is 49.2 Å². The van der Waals surface area contributed by atoms with Crippen LogP contribution in [0.2, 0.25) is 5.02 Å². The van der Waals surface area contributed by atoms with Gasteiger partial charge in [0.15, 0.2) is 6.61 Å². The van der Waals surface area contributed by atoms with Gasteiger partial charge in [0, 0.05) is 23.3 Å². The Hall–Kier alpha value is -3.45. The van der Waals surface area contributed by atoms with E-state index < -0.39 is 29.6 Å². The monoisotopic (exact) mass is 425 g/mol. The number of aromatic nitrogens is 2. The van der Waals surface area contributed by atoms with Crippen molar-refractivity contribution in [3.05, 3.63) is 92.4 Å². The summed E-state index contributed by atoms with van der Waals surface area (Å²) in [5.74, 6) is -1.44. The number of carbonyl (C=O) groups is 2. The van der Waals surface area contributed by atoms with Gasteiger partial charge in [-0.3, -0.25) is 9.59 Å². The molecule has 0 radical (unpaired) electrons. The van der Waals surface area contributed by atoms with Gasteiger partial charge in [-0.15, -0.1) is 0 Å². The van der Waals surface area contributed by atoms with Gasteiger partial charge >= 0.3 is 5.97 Å². The standard InChI is InChI=1S/C22H20ClN3O4/c1-14-5-3-4-6-16(14)12-24-20(28)13-30-22(29)21-19(27)11-15(2)26(25-21)18-9-7-17(23)8-10-18/h3-11H,12-13H2,1-2H3,(H,24,28). The predicted molar refractivity (Wildman–Crippen MR) is 113 cm³/mol. The lowest BCUT2D eigenvalue weighted by atomic mass is 10.1. The zero-order chi connectivity index (χ0) is 21.7. The number of hydrogen-bond donors (Lipinski definition) is 1. The summed E-state index contributed by atoms with van der Waals surface area (Å²) in [5.41, 5.74) is 2.19. The van der Waals surface area contributed by atoms with Crippen LogP contribution in [-0.2, 0) is 16.1 Å². The molecule has 2 aromatic carbocycles. The van der Waals surface area contributed by atoms with Crippen molar-refractivity contribution in [3.8, 4) is 5.69 Å². The molecule has 1 amide bonds. The van der Waals surface area contributed by atoms with Crippen molar-refractivity contribution in [2.45, 2.75) is 20.4 Å². The Morgan fingerprint density at radius 3 is 2.50 bits per heavy atom. The molecule has 0 bridgehead atoms. The van der Waals surface area contributed by atoms with Crippen LogP contribution in [0.3, 0.4) is 0 Å². The first-order valence-corrected chi connectivity index (χ1v) is 9.58. The minimum absolute atomic E-state index is 0.315. The van der Waals surface area contributed by atoms with E-state index in [1.54, 1.807) is 31.2 Å². The Morgan fingerprint density at radius 2 is 1.80 bits per heavy atom. The summed E-state index contributed by atoms with van der Waals surface area (Å²) in [4.78, 5) is 36.6. The number of aryl methyl sites for hydroxylation is 2. The normalized spacial score (nSPS) is 10.5. The zero-order valence-corrected chi connectivity index (χ0v) is 17.3. The highest BCUT2D eigenvalue weighted by Crippen LogP contribution is 2.14. The second-order valence-electron chi connectivity index (χ2n) is 6.67. The Kier molecular flexibility index (Phi) is 6.64. The fourth-order valence-corrected chi connectivity index (χ4v) is 2.91. The Balaban J connectivity index is 1.67. The number of nitrogens with one attached hydrogen (secondary N) is 1. The fraction of sp³-hybridized carbons (Fsp3) is 0.182. The maximum Gasteiger partial charge on any atom is 0.363 e. The van der Waals surface area contributed by atoms with Crippen molar-refractivity contribution >= 4 is 23.5 Å². The Morgan fingerprint density at radius 1 is 1.10 bits per heavy atom. The van der Waals surface area contributed by atoms with E-state index in [4.69, 9.17) is 16.3 Å². The van der Waals surface area contributed by atoms with Gasteiger partial charge in [0.25, 0.3) is 5.91 Å². The van der Waals surface area contributed by atoms with Crippen molar-refractivity contribution in [1.82, 2.24) is 15.1 Å². The molecule has 0 saturated heterocycles. The average Bonchev–Trinajstić information content (AvgIpc) is 2.72. The van der Waals surface area contributed by atoms with Crippen LogP contribution in [0.25, 0.3) is 5.69 Å². The van der Waals surface area contributed by atoms with E-state index in [-0.39, 0.29) is 0 Å². The third-order valence-corrected chi connectivity index (χ3v) is 4.70. The zero-order valence-electron chi connectivity index (χ0n) is 16.5. The molecule has 0 aliphatic rings. The topological polar surface area (TPSA) is 90.3 Å². The summed E-state index contributed by atoms with van der Waals surface area (Å²) in [7, 11) is 0. The molecule has 7 nitrogen and oxygen atoms in total. The van der Waals surface area contributed by atoms with Gasteiger partial charge in [0.1, 0.15) is 0 Å². The lowest BCUT2D eigenvalue weighted by Gasteiger charge is -2.11. The largest absolute Gasteiger partial charge is 0.451 e. The summed E-state index contributed by atoms with van der Waals surface area (Å²) < 4.78 is 6.43. The van der Waals surface area contributed by atoms with Crippen LogP contribution in [0, 0.1) is 13.8 Å². The second-order valence-corrected chi connectivity index (χ2v) is 7.10. The van der Waals surface area contributed by atoms with E-state index in [0.29, 0.717) is 22.9 Å². The van der Waals surface area contributed by atoms with Crippen LogP contribution >= 0.6 is 11.6 Å². The highest BCUT2D eigenvalue weighted by atomic mass is 35.5. The van der Waals surface area contributed by atoms with Gasteiger partial charge in [-0.2, -0.15) is 5.10 Å². The van der Waals surface area contributed by atoms with Crippen LogP contribution in [0.4, 0.5) is 0 Å². The number of amides is 1.